The molecule has 0 aliphatic carbocycles. The van der Waals surface area contributed by atoms with Gasteiger partial charge in [0.1, 0.15) is 11.5 Å². The molecule has 0 bridgehead atoms. The first-order valence-electron chi connectivity index (χ1n) is 10.9. The zero-order valence-electron chi connectivity index (χ0n) is 19.3. The van der Waals surface area contributed by atoms with Gasteiger partial charge in [0, 0.05) is 13.1 Å². The summed E-state index contributed by atoms with van der Waals surface area (Å²) in [5.41, 5.74) is 2.19. The number of amides is 1. The number of rotatable bonds is 6. The number of aliphatic hydroxyl groups excluding tert-OH is 1. The summed E-state index contributed by atoms with van der Waals surface area (Å²) in [6, 6.07) is 18.4. The first-order chi connectivity index (χ1) is 15.8. The average Bonchev–Trinajstić information content (AvgIpc) is 3.06. The number of benzene rings is 3. The molecule has 1 saturated heterocycles. The second-order valence-corrected chi connectivity index (χ2v) is 8.57. The van der Waals surface area contributed by atoms with E-state index in [0.29, 0.717) is 24.4 Å². The second kappa shape index (κ2) is 9.08. The summed E-state index contributed by atoms with van der Waals surface area (Å²) in [5, 5.41) is 13.4. The van der Waals surface area contributed by atoms with Crippen LogP contribution < -0.4 is 4.74 Å². The van der Waals surface area contributed by atoms with Crippen molar-refractivity contribution in [3.8, 4) is 5.75 Å². The van der Waals surface area contributed by atoms with Crippen molar-refractivity contribution in [2.45, 2.75) is 13.0 Å². The number of ketones is 1. The molecule has 170 valence electrons. The monoisotopic (exact) mass is 444 g/mol. The topological polar surface area (TPSA) is 70.1 Å². The van der Waals surface area contributed by atoms with Crippen LogP contribution in [0.3, 0.4) is 0 Å². The standard InChI is InChI=1S/C27H28N2O4/c1-17-12-13-22(33-4)21(16-17)25(30)23-24(29(15-14-28(2)3)27(32)26(23)31)20-11-7-9-18-8-5-6-10-19(18)20/h5-13,16,24,30H,14-15H2,1-4H3/b25-23+. The molecule has 1 N–H and O–H groups in total. The Morgan fingerprint density at radius 2 is 1.79 bits per heavy atom. The highest BCUT2D eigenvalue weighted by Gasteiger charge is 2.46. The van der Waals surface area contributed by atoms with Crippen LogP contribution in [0.4, 0.5) is 0 Å². The number of likely N-dealkylation sites (N-methyl/N-ethyl adjacent to an activating group) is 1. The number of methoxy groups -OCH3 is 1. The van der Waals surface area contributed by atoms with Gasteiger partial charge in [-0.05, 0) is 49.5 Å². The third-order valence-electron chi connectivity index (χ3n) is 6.06. The summed E-state index contributed by atoms with van der Waals surface area (Å²) < 4.78 is 5.45. The number of fused-ring (bicyclic) bond motifs is 1. The van der Waals surface area contributed by atoms with Gasteiger partial charge in [-0.25, -0.2) is 0 Å². The van der Waals surface area contributed by atoms with E-state index in [0.717, 1.165) is 21.9 Å². The van der Waals surface area contributed by atoms with Crippen LogP contribution >= 0.6 is 0 Å². The number of Topliss-reactive ketones (excluding diaryl/α,β-unsaturated/α-hetero) is 1. The SMILES string of the molecule is COc1ccc(C)cc1/C(O)=C1\C(=O)C(=O)N(CCN(C)C)C1c1cccc2ccccc12. The molecule has 6 nitrogen and oxygen atoms in total. The average molecular weight is 445 g/mol. The highest BCUT2D eigenvalue weighted by Crippen LogP contribution is 2.43. The lowest BCUT2D eigenvalue weighted by atomic mass is 9.91. The predicted octanol–water partition coefficient (Wildman–Crippen LogP) is 4.14. The number of carbonyl (C=O) groups is 2. The molecule has 4 rings (SSSR count). The molecule has 0 aromatic heterocycles. The minimum atomic E-state index is -0.707. The van der Waals surface area contributed by atoms with Crippen molar-refractivity contribution in [1.29, 1.82) is 0 Å². The first-order valence-corrected chi connectivity index (χ1v) is 10.9. The number of carbonyl (C=O) groups excluding carboxylic acids is 2. The van der Waals surface area contributed by atoms with Gasteiger partial charge in [0.05, 0.1) is 24.3 Å². The molecule has 0 radical (unpaired) electrons. The Kier molecular flexibility index (Phi) is 6.20. The van der Waals surface area contributed by atoms with Gasteiger partial charge in [-0.2, -0.15) is 0 Å². The molecular weight excluding hydrogens is 416 g/mol. The van der Waals surface area contributed by atoms with Crippen LogP contribution in [-0.4, -0.2) is 60.9 Å². The molecule has 0 spiro atoms. The Morgan fingerprint density at radius 1 is 1.06 bits per heavy atom. The van der Waals surface area contributed by atoms with Crippen molar-refractivity contribution in [2.75, 3.05) is 34.3 Å². The van der Waals surface area contributed by atoms with Crippen molar-refractivity contribution in [3.63, 3.8) is 0 Å². The van der Waals surface area contributed by atoms with E-state index in [9.17, 15) is 14.7 Å². The minimum Gasteiger partial charge on any atom is -0.507 e. The third kappa shape index (κ3) is 4.10. The summed E-state index contributed by atoms with van der Waals surface area (Å²) in [5.74, 6) is -1.08. The fraction of sp³-hybridized carbons (Fsp3) is 0.259. The molecule has 1 atom stereocenters. The zero-order valence-corrected chi connectivity index (χ0v) is 19.3. The lowest BCUT2D eigenvalue weighted by molar-refractivity contribution is -0.140. The molecule has 1 amide bonds. The van der Waals surface area contributed by atoms with Crippen LogP contribution in [0.5, 0.6) is 5.75 Å². The maximum absolute atomic E-state index is 13.3. The van der Waals surface area contributed by atoms with E-state index in [4.69, 9.17) is 4.74 Å². The van der Waals surface area contributed by atoms with Crippen molar-refractivity contribution >= 4 is 28.2 Å². The van der Waals surface area contributed by atoms with Crippen LogP contribution in [0.25, 0.3) is 16.5 Å². The summed E-state index contributed by atoms with van der Waals surface area (Å²) in [7, 11) is 5.35. The molecule has 1 aliphatic heterocycles. The van der Waals surface area contributed by atoms with Gasteiger partial charge in [0.25, 0.3) is 11.7 Å². The Bertz CT molecular complexity index is 1260. The van der Waals surface area contributed by atoms with Crippen molar-refractivity contribution in [3.05, 3.63) is 82.9 Å². The normalized spacial score (nSPS) is 17.8. The number of hydrogen-bond donors (Lipinski definition) is 1. The van der Waals surface area contributed by atoms with Crippen LogP contribution in [0, 0.1) is 6.92 Å². The first kappa shape index (κ1) is 22.6. The van der Waals surface area contributed by atoms with E-state index in [2.05, 4.69) is 0 Å². The van der Waals surface area contributed by atoms with Gasteiger partial charge < -0.3 is 19.6 Å². The molecule has 0 saturated carbocycles. The summed E-state index contributed by atoms with van der Waals surface area (Å²) >= 11 is 0. The molecule has 6 heteroatoms. The maximum Gasteiger partial charge on any atom is 0.295 e. The van der Waals surface area contributed by atoms with Gasteiger partial charge in [-0.1, -0.05) is 54.1 Å². The Labute approximate surface area is 193 Å². The summed E-state index contributed by atoms with van der Waals surface area (Å²) in [6.07, 6.45) is 0. The summed E-state index contributed by atoms with van der Waals surface area (Å²) in [6.45, 7) is 2.84. The largest absolute Gasteiger partial charge is 0.507 e. The van der Waals surface area contributed by atoms with Gasteiger partial charge in [-0.3, -0.25) is 9.59 Å². The number of nitrogens with zero attached hydrogens (tertiary/aromatic N) is 2. The van der Waals surface area contributed by atoms with E-state index < -0.39 is 17.7 Å². The van der Waals surface area contributed by atoms with Crippen LogP contribution in [0.2, 0.25) is 0 Å². The van der Waals surface area contributed by atoms with E-state index in [1.54, 1.807) is 17.0 Å². The van der Waals surface area contributed by atoms with Crippen molar-refractivity contribution in [1.82, 2.24) is 9.80 Å². The van der Waals surface area contributed by atoms with Crippen LogP contribution in [-0.2, 0) is 9.59 Å². The molecule has 1 heterocycles. The van der Waals surface area contributed by atoms with E-state index in [1.165, 1.54) is 7.11 Å². The minimum absolute atomic E-state index is 0.0824. The van der Waals surface area contributed by atoms with Crippen molar-refractivity contribution in [2.24, 2.45) is 0 Å². The molecule has 3 aromatic carbocycles. The highest BCUT2D eigenvalue weighted by molar-refractivity contribution is 6.46. The molecule has 1 aliphatic rings. The van der Waals surface area contributed by atoms with Gasteiger partial charge in [0.2, 0.25) is 0 Å². The highest BCUT2D eigenvalue weighted by atomic mass is 16.5. The smallest absolute Gasteiger partial charge is 0.295 e. The molecule has 1 fully saturated rings. The molecule has 3 aromatic rings. The number of likely N-dealkylation sites (tertiary alicyclic amines) is 1. The molecule has 1 unspecified atom stereocenters. The fourth-order valence-corrected chi connectivity index (χ4v) is 4.38. The number of aryl methyl sites for hydroxylation is 1. The van der Waals surface area contributed by atoms with E-state index in [-0.39, 0.29) is 11.3 Å². The lowest BCUT2D eigenvalue weighted by Gasteiger charge is -2.27. The quantitative estimate of drug-likeness (QED) is 0.352. The molecular formula is C27H28N2O4. The number of hydrogen-bond acceptors (Lipinski definition) is 5. The van der Waals surface area contributed by atoms with Crippen LogP contribution in [0.15, 0.2) is 66.2 Å². The zero-order chi connectivity index (χ0) is 23.7. The fourth-order valence-electron chi connectivity index (χ4n) is 4.38. The third-order valence-corrected chi connectivity index (χ3v) is 6.06. The number of aliphatic hydroxyl groups is 1. The van der Waals surface area contributed by atoms with E-state index >= 15 is 0 Å². The van der Waals surface area contributed by atoms with Gasteiger partial charge >= 0.3 is 0 Å². The second-order valence-electron chi connectivity index (χ2n) is 8.57. The summed E-state index contributed by atoms with van der Waals surface area (Å²) in [4.78, 5) is 30.0. The number of ether oxygens (including phenoxy) is 1. The lowest BCUT2D eigenvalue weighted by Crippen LogP contribution is -2.35. The van der Waals surface area contributed by atoms with E-state index in [1.807, 2.05) is 74.4 Å². The van der Waals surface area contributed by atoms with Crippen LogP contribution in [0.1, 0.15) is 22.7 Å². The Balaban J connectivity index is 1.98. The van der Waals surface area contributed by atoms with Gasteiger partial charge in [-0.15, -0.1) is 0 Å². The van der Waals surface area contributed by atoms with Crippen molar-refractivity contribution < 1.29 is 19.4 Å². The Hall–Kier alpha value is -3.64. The van der Waals surface area contributed by atoms with Gasteiger partial charge in [0.15, 0.2) is 0 Å². The predicted molar refractivity (Wildman–Crippen MR) is 129 cm³/mol. The molecule has 33 heavy (non-hydrogen) atoms. The Morgan fingerprint density at radius 3 is 2.52 bits per heavy atom. The maximum atomic E-state index is 13.3.